The van der Waals surface area contributed by atoms with E-state index in [9.17, 15) is 15.2 Å². The Morgan fingerprint density at radius 2 is 2.11 bits per heavy atom. The highest BCUT2D eigenvalue weighted by molar-refractivity contribution is 5.53. The molecule has 4 N–H and O–H groups in total. The van der Waals surface area contributed by atoms with Crippen LogP contribution in [0.1, 0.15) is 32.1 Å². The van der Waals surface area contributed by atoms with Crippen LogP contribution in [-0.2, 0) is 0 Å². The number of aromatic nitrogens is 1. The van der Waals surface area contributed by atoms with Crippen molar-refractivity contribution in [1.82, 2.24) is 4.98 Å². The SMILES string of the molecule is Nc1cc([N+](=O)[O-])cc(NC2(CO)CCCCC2)n1. The predicted molar refractivity (Wildman–Crippen MR) is 71.8 cm³/mol. The maximum absolute atomic E-state index is 10.8. The summed E-state index contributed by atoms with van der Waals surface area (Å²) < 4.78 is 0. The maximum atomic E-state index is 10.8. The molecular formula is C12H18N4O3. The second-order valence-electron chi connectivity index (χ2n) is 5.02. The summed E-state index contributed by atoms with van der Waals surface area (Å²) >= 11 is 0. The summed E-state index contributed by atoms with van der Waals surface area (Å²) in [4.78, 5) is 14.3. The second kappa shape index (κ2) is 5.40. The van der Waals surface area contributed by atoms with E-state index >= 15 is 0 Å². The Kier molecular flexibility index (Phi) is 3.84. The van der Waals surface area contributed by atoms with Crippen molar-refractivity contribution < 1.29 is 10.0 Å². The average Bonchev–Trinajstić information content (AvgIpc) is 2.39. The summed E-state index contributed by atoms with van der Waals surface area (Å²) in [5, 5.41) is 23.5. The van der Waals surface area contributed by atoms with E-state index in [4.69, 9.17) is 5.73 Å². The van der Waals surface area contributed by atoms with Gasteiger partial charge in [0, 0.05) is 0 Å². The van der Waals surface area contributed by atoms with Gasteiger partial charge in [-0.25, -0.2) is 4.98 Å². The number of hydrogen-bond donors (Lipinski definition) is 3. The molecule has 1 aromatic rings. The first kappa shape index (κ1) is 13.5. The molecule has 0 unspecified atom stereocenters. The molecule has 19 heavy (non-hydrogen) atoms. The van der Waals surface area contributed by atoms with Crippen molar-refractivity contribution in [3.8, 4) is 0 Å². The van der Waals surface area contributed by atoms with Crippen LogP contribution in [-0.4, -0.2) is 27.2 Å². The molecule has 104 valence electrons. The first-order valence-corrected chi connectivity index (χ1v) is 6.36. The van der Waals surface area contributed by atoms with Crippen molar-refractivity contribution in [2.24, 2.45) is 0 Å². The smallest absolute Gasteiger partial charge is 0.276 e. The van der Waals surface area contributed by atoms with E-state index in [1.807, 2.05) is 0 Å². The number of nitrogens with zero attached hydrogens (tertiary/aromatic N) is 2. The van der Waals surface area contributed by atoms with Gasteiger partial charge in [0.05, 0.1) is 29.2 Å². The van der Waals surface area contributed by atoms with Crippen LogP contribution in [0.4, 0.5) is 17.3 Å². The fraction of sp³-hybridized carbons (Fsp3) is 0.583. The largest absolute Gasteiger partial charge is 0.394 e. The zero-order chi connectivity index (χ0) is 13.9. The third-order valence-electron chi connectivity index (χ3n) is 3.55. The van der Waals surface area contributed by atoms with Gasteiger partial charge in [0.1, 0.15) is 11.6 Å². The van der Waals surface area contributed by atoms with Crippen LogP contribution in [0.25, 0.3) is 0 Å². The van der Waals surface area contributed by atoms with E-state index in [-0.39, 0.29) is 18.1 Å². The summed E-state index contributed by atoms with van der Waals surface area (Å²) in [6.45, 7) is -0.0166. The fourth-order valence-corrected chi connectivity index (χ4v) is 2.53. The number of nitrogen functional groups attached to an aromatic ring is 1. The quantitative estimate of drug-likeness (QED) is 0.564. The van der Waals surface area contributed by atoms with Gasteiger partial charge in [-0.15, -0.1) is 0 Å². The molecule has 0 aromatic carbocycles. The van der Waals surface area contributed by atoms with Gasteiger partial charge in [0.25, 0.3) is 5.69 Å². The molecule has 0 amide bonds. The molecule has 0 bridgehead atoms. The van der Waals surface area contributed by atoms with Crippen molar-refractivity contribution >= 4 is 17.3 Å². The zero-order valence-corrected chi connectivity index (χ0v) is 10.6. The first-order chi connectivity index (χ1) is 9.04. The average molecular weight is 266 g/mol. The Labute approximate surface area is 111 Å². The van der Waals surface area contributed by atoms with Crippen molar-refractivity contribution in [2.45, 2.75) is 37.6 Å². The minimum absolute atomic E-state index is 0.0166. The molecule has 0 atom stereocenters. The summed E-state index contributed by atoms with van der Waals surface area (Å²) in [5.41, 5.74) is 5.03. The van der Waals surface area contributed by atoms with E-state index in [0.29, 0.717) is 5.82 Å². The van der Waals surface area contributed by atoms with Gasteiger partial charge in [0.2, 0.25) is 0 Å². The zero-order valence-electron chi connectivity index (χ0n) is 10.6. The van der Waals surface area contributed by atoms with Crippen LogP contribution in [0.2, 0.25) is 0 Å². The molecule has 7 heteroatoms. The Morgan fingerprint density at radius 3 is 2.68 bits per heavy atom. The Morgan fingerprint density at radius 1 is 1.42 bits per heavy atom. The Bertz CT molecular complexity index is 472. The summed E-state index contributed by atoms with van der Waals surface area (Å²) in [7, 11) is 0. The molecular weight excluding hydrogens is 248 g/mol. The summed E-state index contributed by atoms with van der Waals surface area (Å²) in [6.07, 6.45) is 4.85. The summed E-state index contributed by atoms with van der Waals surface area (Å²) in [5.74, 6) is 0.447. The lowest BCUT2D eigenvalue weighted by atomic mass is 9.82. The van der Waals surface area contributed by atoms with Crippen molar-refractivity contribution in [1.29, 1.82) is 0 Å². The van der Waals surface area contributed by atoms with Gasteiger partial charge in [-0.1, -0.05) is 19.3 Å². The van der Waals surface area contributed by atoms with Crippen LogP contribution in [0.3, 0.4) is 0 Å². The number of nitrogens with two attached hydrogens (primary N) is 1. The highest BCUT2D eigenvalue weighted by atomic mass is 16.6. The number of aliphatic hydroxyl groups is 1. The fourth-order valence-electron chi connectivity index (χ4n) is 2.53. The topological polar surface area (TPSA) is 114 Å². The molecule has 0 saturated heterocycles. The van der Waals surface area contributed by atoms with E-state index in [1.54, 1.807) is 0 Å². The van der Waals surface area contributed by atoms with Crippen LogP contribution in [0.15, 0.2) is 12.1 Å². The lowest BCUT2D eigenvalue weighted by Crippen LogP contribution is -2.44. The predicted octanol–water partition coefficient (Wildman–Crippen LogP) is 1.68. The first-order valence-electron chi connectivity index (χ1n) is 6.36. The molecule has 1 aromatic heterocycles. The highest BCUT2D eigenvalue weighted by Crippen LogP contribution is 2.32. The third-order valence-corrected chi connectivity index (χ3v) is 3.55. The van der Waals surface area contributed by atoms with Gasteiger partial charge in [-0.05, 0) is 12.8 Å². The molecule has 0 radical (unpaired) electrons. The number of anilines is 2. The normalized spacial score (nSPS) is 17.9. The minimum atomic E-state index is -0.504. The molecule has 2 rings (SSSR count). The highest BCUT2D eigenvalue weighted by Gasteiger charge is 2.32. The van der Waals surface area contributed by atoms with Gasteiger partial charge < -0.3 is 16.2 Å². The molecule has 1 aliphatic carbocycles. The summed E-state index contributed by atoms with van der Waals surface area (Å²) in [6, 6.07) is 2.57. The number of aliphatic hydroxyl groups excluding tert-OH is 1. The third kappa shape index (κ3) is 3.11. The van der Waals surface area contributed by atoms with Crippen molar-refractivity contribution in [3.05, 3.63) is 22.2 Å². The maximum Gasteiger partial charge on any atom is 0.276 e. The number of hydrogen-bond acceptors (Lipinski definition) is 6. The number of pyridine rings is 1. The van der Waals surface area contributed by atoms with Crippen LogP contribution < -0.4 is 11.1 Å². The lowest BCUT2D eigenvalue weighted by molar-refractivity contribution is -0.384. The number of rotatable bonds is 4. The molecule has 0 aliphatic heterocycles. The van der Waals surface area contributed by atoms with Crippen LogP contribution >= 0.6 is 0 Å². The molecule has 1 aliphatic rings. The van der Waals surface area contributed by atoms with Gasteiger partial charge in [0.15, 0.2) is 0 Å². The molecule has 0 spiro atoms. The van der Waals surface area contributed by atoms with Crippen molar-refractivity contribution in [2.75, 3.05) is 17.7 Å². The molecule has 7 nitrogen and oxygen atoms in total. The Balaban J connectivity index is 2.23. The van der Waals surface area contributed by atoms with Gasteiger partial charge >= 0.3 is 0 Å². The van der Waals surface area contributed by atoms with Crippen LogP contribution in [0.5, 0.6) is 0 Å². The molecule has 1 heterocycles. The standard InChI is InChI=1S/C12H18N4O3/c13-10-6-9(16(18)19)7-11(14-10)15-12(8-17)4-2-1-3-5-12/h6-7,17H,1-5,8H2,(H3,13,14,15). The van der Waals surface area contributed by atoms with E-state index in [2.05, 4.69) is 10.3 Å². The van der Waals surface area contributed by atoms with Gasteiger partial charge in [-0.2, -0.15) is 0 Å². The molecule has 1 saturated carbocycles. The van der Waals surface area contributed by atoms with E-state index < -0.39 is 10.5 Å². The van der Waals surface area contributed by atoms with Crippen LogP contribution in [0, 0.1) is 10.1 Å². The lowest BCUT2D eigenvalue weighted by Gasteiger charge is -2.36. The van der Waals surface area contributed by atoms with E-state index in [1.165, 1.54) is 12.1 Å². The van der Waals surface area contributed by atoms with Crippen molar-refractivity contribution in [3.63, 3.8) is 0 Å². The van der Waals surface area contributed by atoms with E-state index in [0.717, 1.165) is 32.1 Å². The Hall–Kier alpha value is -1.89. The monoisotopic (exact) mass is 266 g/mol. The second-order valence-corrected chi connectivity index (χ2v) is 5.02. The van der Waals surface area contributed by atoms with Gasteiger partial charge in [-0.3, -0.25) is 10.1 Å². The number of nitrogens with one attached hydrogen (secondary N) is 1. The number of nitro groups is 1. The molecule has 1 fully saturated rings. The minimum Gasteiger partial charge on any atom is -0.394 e.